The highest BCUT2D eigenvalue weighted by molar-refractivity contribution is 6.30. The zero-order valence-electron chi connectivity index (χ0n) is 15.1. The van der Waals surface area contributed by atoms with E-state index in [4.69, 9.17) is 21.1 Å². The van der Waals surface area contributed by atoms with Crippen molar-refractivity contribution in [1.82, 2.24) is 0 Å². The van der Waals surface area contributed by atoms with Gasteiger partial charge in [0.05, 0.1) is 5.69 Å². The molecule has 150 valence electrons. The Morgan fingerprint density at radius 2 is 1.75 bits per heavy atom. The van der Waals surface area contributed by atoms with Crippen LogP contribution < -0.4 is 14.8 Å². The van der Waals surface area contributed by atoms with E-state index in [0.29, 0.717) is 10.8 Å². The van der Waals surface area contributed by atoms with E-state index in [2.05, 4.69) is 10.1 Å². The van der Waals surface area contributed by atoms with Crippen molar-refractivity contribution >= 4 is 29.2 Å². The third-order valence-corrected chi connectivity index (χ3v) is 3.64. The average Bonchev–Trinajstić information content (AvgIpc) is 2.62. The number of hydrogen-bond donors (Lipinski definition) is 1. The first-order chi connectivity index (χ1) is 13.2. The lowest BCUT2D eigenvalue weighted by molar-refractivity contribution is -0.161. The molecule has 0 radical (unpaired) electrons. The molecular formula is C19H18ClF2NO5. The molecule has 6 nitrogen and oxygen atoms in total. The van der Waals surface area contributed by atoms with Crippen LogP contribution in [0.2, 0.25) is 5.02 Å². The highest BCUT2D eigenvalue weighted by atomic mass is 35.5. The van der Waals surface area contributed by atoms with Gasteiger partial charge in [0.25, 0.3) is 5.91 Å². The van der Waals surface area contributed by atoms with E-state index in [9.17, 15) is 18.4 Å². The van der Waals surface area contributed by atoms with Crippen molar-refractivity contribution < 1.29 is 32.6 Å². The highest BCUT2D eigenvalue weighted by Crippen LogP contribution is 2.25. The lowest BCUT2D eigenvalue weighted by Crippen LogP contribution is -2.41. The molecule has 0 fully saturated rings. The Bertz CT molecular complexity index is 827. The van der Waals surface area contributed by atoms with Crippen molar-refractivity contribution in [2.45, 2.75) is 26.1 Å². The van der Waals surface area contributed by atoms with Crippen LogP contribution in [0.4, 0.5) is 14.5 Å². The largest absolute Gasteiger partial charge is 0.476 e. The van der Waals surface area contributed by atoms with E-state index in [1.54, 1.807) is 24.3 Å². The number of para-hydroxylation sites is 2. The molecule has 0 atom stereocenters. The van der Waals surface area contributed by atoms with Gasteiger partial charge >= 0.3 is 12.6 Å². The van der Waals surface area contributed by atoms with Gasteiger partial charge < -0.3 is 19.5 Å². The fourth-order valence-corrected chi connectivity index (χ4v) is 2.22. The first-order valence-corrected chi connectivity index (χ1v) is 8.50. The molecule has 9 heteroatoms. The summed E-state index contributed by atoms with van der Waals surface area (Å²) in [6, 6.07) is 12.0. The number of ether oxygens (including phenoxy) is 3. The molecule has 0 aliphatic carbocycles. The Morgan fingerprint density at radius 3 is 2.39 bits per heavy atom. The Balaban J connectivity index is 1.91. The SMILES string of the molecule is CC(C)(Oc1ccc(Cl)cc1)C(=O)OCC(=O)Nc1ccccc1OC(F)F. The van der Waals surface area contributed by atoms with Crippen LogP contribution in [0.25, 0.3) is 0 Å². The topological polar surface area (TPSA) is 73.9 Å². The van der Waals surface area contributed by atoms with Crippen molar-refractivity contribution in [2.24, 2.45) is 0 Å². The molecule has 0 aromatic heterocycles. The minimum absolute atomic E-state index is 0.0283. The van der Waals surface area contributed by atoms with Crippen molar-refractivity contribution in [1.29, 1.82) is 0 Å². The summed E-state index contributed by atoms with van der Waals surface area (Å²) >= 11 is 5.79. The number of esters is 1. The molecule has 2 aromatic carbocycles. The summed E-state index contributed by atoms with van der Waals surface area (Å²) < 4.78 is 39.6. The van der Waals surface area contributed by atoms with E-state index < -0.39 is 30.7 Å². The second-order valence-electron chi connectivity index (χ2n) is 6.07. The zero-order valence-corrected chi connectivity index (χ0v) is 15.8. The molecule has 1 N–H and O–H groups in total. The first-order valence-electron chi connectivity index (χ1n) is 8.13. The second-order valence-corrected chi connectivity index (χ2v) is 6.50. The Labute approximate surface area is 165 Å². The Kier molecular flexibility index (Phi) is 7.17. The average molecular weight is 414 g/mol. The van der Waals surface area contributed by atoms with Gasteiger partial charge in [-0.3, -0.25) is 4.79 Å². The van der Waals surface area contributed by atoms with Crippen molar-refractivity contribution in [3.63, 3.8) is 0 Å². The van der Waals surface area contributed by atoms with Crippen LogP contribution in [0.5, 0.6) is 11.5 Å². The number of rotatable bonds is 8. The monoisotopic (exact) mass is 413 g/mol. The van der Waals surface area contributed by atoms with E-state index >= 15 is 0 Å². The predicted molar refractivity (Wildman–Crippen MR) is 98.8 cm³/mol. The van der Waals surface area contributed by atoms with Gasteiger partial charge in [0, 0.05) is 5.02 Å². The van der Waals surface area contributed by atoms with Crippen LogP contribution in [0, 0.1) is 0 Å². The lowest BCUT2D eigenvalue weighted by Gasteiger charge is -2.24. The first kappa shape index (κ1) is 21.4. The summed E-state index contributed by atoms with van der Waals surface area (Å²) in [6.07, 6.45) is 0. The summed E-state index contributed by atoms with van der Waals surface area (Å²) in [5.74, 6) is -1.31. The summed E-state index contributed by atoms with van der Waals surface area (Å²) in [5, 5.41) is 2.86. The molecule has 2 aromatic rings. The number of benzene rings is 2. The van der Waals surface area contributed by atoms with Crippen LogP contribution in [0.15, 0.2) is 48.5 Å². The van der Waals surface area contributed by atoms with E-state index in [1.165, 1.54) is 38.1 Å². The fourth-order valence-electron chi connectivity index (χ4n) is 2.10. The van der Waals surface area contributed by atoms with Crippen molar-refractivity contribution in [3.05, 3.63) is 53.6 Å². The minimum Gasteiger partial charge on any atom is -0.476 e. The molecule has 0 aliphatic heterocycles. The molecule has 0 heterocycles. The number of anilines is 1. The predicted octanol–water partition coefficient (Wildman–Crippen LogP) is 4.28. The standard InChI is InChI=1S/C19H18ClF2NO5/c1-19(2,28-13-9-7-12(20)8-10-13)17(25)26-11-16(24)23-14-5-3-4-6-15(14)27-18(21)22/h3-10,18H,11H2,1-2H3,(H,23,24). The molecule has 0 unspecified atom stereocenters. The number of nitrogens with one attached hydrogen (secondary N) is 1. The normalized spacial score (nSPS) is 11.1. The molecule has 2 rings (SSSR count). The second kappa shape index (κ2) is 9.36. The number of alkyl halides is 2. The number of halogens is 3. The maximum Gasteiger partial charge on any atom is 0.387 e. The van der Waals surface area contributed by atoms with Gasteiger partial charge in [-0.25, -0.2) is 4.79 Å². The van der Waals surface area contributed by atoms with E-state index in [-0.39, 0.29) is 11.4 Å². The third kappa shape index (κ3) is 6.38. The van der Waals surface area contributed by atoms with Gasteiger partial charge in [0.1, 0.15) is 11.5 Å². The van der Waals surface area contributed by atoms with Crippen molar-refractivity contribution in [2.75, 3.05) is 11.9 Å². The zero-order chi connectivity index (χ0) is 20.7. The van der Waals surface area contributed by atoms with Gasteiger partial charge in [0.2, 0.25) is 0 Å². The fraction of sp³-hybridized carbons (Fsp3) is 0.263. The van der Waals surface area contributed by atoms with Crippen LogP contribution in [0.3, 0.4) is 0 Å². The van der Waals surface area contributed by atoms with Gasteiger partial charge in [-0.05, 0) is 50.2 Å². The van der Waals surface area contributed by atoms with Crippen LogP contribution in [-0.2, 0) is 14.3 Å². The smallest absolute Gasteiger partial charge is 0.387 e. The highest BCUT2D eigenvalue weighted by Gasteiger charge is 2.32. The summed E-state index contributed by atoms with van der Waals surface area (Å²) in [4.78, 5) is 24.2. The van der Waals surface area contributed by atoms with Gasteiger partial charge in [-0.15, -0.1) is 0 Å². The van der Waals surface area contributed by atoms with Gasteiger partial charge in [-0.2, -0.15) is 8.78 Å². The van der Waals surface area contributed by atoms with E-state index in [1.807, 2.05) is 0 Å². The molecule has 0 bridgehead atoms. The number of carbonyl (C=O) groups excluding carboxylic acids is 2. The quantitative estimate of drug-likeness (QED) is 0.654. The maximum absolute atomic E-state index is 12.4. The Hall–Kier alpha value is -2.87. The summed E-state index contributed by atoms with van der Waals surface area (Å²) in [7, 11) is 0. The summed E-state index contributed by atoms with van der Waals surface area (Å²) in [6.45, 7) is -0.710. The minimum atomic E-state index is -3.04. The van der Waals surface area contributed by atoms with Gasteiger partial charge in [-0.1, -0.05) is 23.7 Å². The molecule has 1 amide bonds. The maximum atomic E-state index is 12.4. The molecular weight excluding hydrogens is 396 g/mol. The number of hydrogen-bond acceptors (Lipinski definition) is 5. The third-order valence-electron chi connectivity index (χ3n) is 3.39. The van der Waals surface area contributed by atoms with Crippen LogP contribution >= 0.6 is 11.6 Å². The Morgan fingerprint density at radius 1 is 1.11 bits per heavy atom. The molecule has 0 saturated carbocycles. The lowest BCUT2D eigenvalue weighted by atomic mass is 10.1. The molecule has 0 spiro atoms. The van der Waals surface area contributed by atoms with Crippen LogP contribution in [0.1, 0.15) is 13.8 Å². The summed E-state index contributed by atoms with van der Waals surface area (Å²) in [5.41, 5.74) is -1.34. The van der Waals surface area contributed by atoms with Gasteiger partial charge in [0.15, 0.2) is 12.2 Å². The van der Waals surface area contributed by atoms with Crippen LogP contribution in [-0.4, -0.2) is 30.7 Å². The molecule has 0 saturated heterocycles. The number of amides is 1. The van der Waals surface area contributed by atoms with Crippen molar-refractivity contribution in [3.8, 4) is 11.5 Å². The van der Waals surface area contributed by atoms with E-state index in [0.717, 1.165) is 0 Å². The number of carbonyl (C=O) groups is 2. The molecule has 28 heavy (non-hydrogen) atoms. The molecule has 0 aliphatic rings.